The van der Waals surface area contributed by atoms with Gasteiger partial charge in [0.05, 0.1) is 17.6 Å². The van der Waals surface area contributed by atoms with Gasteiger partial charge in [-0.1, -0.05) is 0 Å². The maximum atomic E-state index is 12.8. The van der Waals surface area contributed by atoms with E-state index in [-0.39, 0.29) is 28.2 Å². The first-order valence-corrected chi connectivity index (χ1v) is 9.06. The molecule has 2 aliphatic rings. The Morgan fingerprint density at radius 2 is 2.00 bits per heavy atom. The number of aliphatic carboxylic acids is 1. The van der Waals surface area contributed by atoms with Gasteiger partial charge in [0.25, 0.3) is 5.91 Å². The number of methoxy groups -OCH3 is 1. The van der Waals surface area contributed by atoms with Crippen LogP contribution in [-0.4, -0.2) is 55.7 Å². The van der Waals surface area contributed by atoms with Crippen LogP contribution in [0.15, 0.2) is 23.1 Å². The number of ether oxygens (including phenoxy) is 1. The van der Waals surface area contributed by atoms with Gasteiger partial charge < -0.3 is 14.7 Å². The van der Waals surface area contributed by atoms with Crippen molar-refractivity contribution in [3.05, 3.63) is 23.8 Å². The summed E-state index contributed by atoms with van der Waals surface area (Å²) in [4.78, 5) is 25.6. The van der Waals surface area contributed by atoms with E-state index >= 15 is 0 Å². The second-order valence-electron chi connectivity index (χ2n) is 6.00. The van der Waals surface area contributed by atoms with E-state index in [2.05, 4.69) is 0 Å². The predicted octanol–water partition coefficient (Wildman–Crippen LogP) is 0.786. The van der Waals surface area contributed by atoms with Gasteiger partial charge in [-0.3, -0.25) is 4.79 Å². The minimum atomic E-state index is -3.48. The first kappa shape index (κ1) is 15.8. The smallest absolute Gasteiger partial charge is 0.326 e. The fourth-order valence-electron chi connectivity index (χ4n) is 3.19. The molecule has 1 saturated heterocycles. The monoisotopic (exact) mass is 339 g/mol. The van der Waals surface area contributed by atoms with Crippen LogP contribution in [0.4, 0.5) is 0 Å². The standard InChI is InChI=1S/C15H17NO6S/c1-22-13-4-3-9(23(2,20)21)7-10(13)14(17)16-11-5-8(11)6-12(16)15(18)19/h3-4,7-8,11-12H,5-6H2,1-2H3,(H,18,19)/t8-,11-,12-/m1/s1. The molecule has 1 aliphatic heterocycles. The molecule has 1 aliphatic carbocycles. The Morgan fingerprint density at radius 1 is 1.30 bits per heavy atom. The highest BCUT2D eigenvalue weighted by molar-refractivity contribution is 7.90. The highest BCUT2D eigenvalue weighted by Gasteiger charge is 2.56. The SMILES string of the molecule is COc1ccc(S(C)(=O)=O)cc1C(=O)N1[C@@H](C(=O)O)C[C@H]2C[C@H]21. The third kappa shape index (κ3) is 2.67. The average molecular weight is 339 g/mol. The van der Waals surface area contributed by atoms with E-state index in [9.17, 15) is 23.1 Å². The number of piperidine rings is 1. The maximum Gasteiger partial charge on any atom is 0.326 e. The third-order valence-electron chi connectivity index (χ3n) is 4.45. The summed E-state index contributed by atoms with van der Waals surface area (Å²) < 4.78 is 28.6. The van der Waals surface area contributed by atoms with Crippen LogP contribution in [0.2, 0.25) is 0 Å². The molecule has 8 heteroatoms. The number of sulfone groups is 1. The number of likely N-dealkylation sites (tertiary alicyclic amines) is 1. The van der Waals surface area contributed by atoms with Crippen molar-refractivity contribution in [3.8, 4) is 5.75 Å². The third-order valence-corrected chi connectivity index (χ3v) is 5.56. The fourth-order valence-corrected chi connectivity index (χ4v) is 3.84. The van der Waals surface area contributed by atoms with Crippen LogP contribution in [0, 0.1) is 5.92 Å². The molecule has 0 aromatic heterocycles. The normalized spacial score (nSPS) is 25.8. The van der Waals surface area contributed by atoms with Crippen LogP contribution in [0.5, 0.6) is 5.75 Å². The molecule has 3 atom stereocenters. The van der Waals surface area contributed by atoms with Gasteiger partial charge >= 0.3 is 5.97 Å². The number of fused-ring (bicyclic) bond motifs is 1. The Balaban J connectivity index is 2.03. The zero-order valence-corrected chi connectivity index (χ0v) is 13.5. The molecule has 3 rings (SSSR count). The number of hydrogen-bond acceptors (Lipinski definition) is 5. The Labute approximate surface area is 133 Å². The van der Waals surface area contributed by atoms with E-state index in [1.807, 2.05) is 0 Å². The Kier molecular flexibility index (Phi) is 3.59. The van der Waals surface area contributed by atoms with E-state index in [4.69, 9.17) is 4.74 Å². The molecular formula is C15H17NO6S. The van der Waals surface area contributed by atoms with E-state index in [0.29, 0.717) is 6.42 Å². The number of nitrogens with zero attached hydrogens (tertiary/aromatic N) is 1. The van der Waals surface area contributed by atoms with Gasteiger partial charge in [0, 0.05) is 12.3 Å². The molecule has 0 spiro atoms. The second kappa shape index (κ2) is 5.23. The highest BCUT2D eigenvalue weighted by Crippen LogP contribution is 2.48. The van der Waals surface area contributed by atoms with Crippen LogP contribution >= 0.6 is 0 Å². The summed E-state index contributed by atoms with van der Waals surface area (Å²) in [6.45, 7) is 0. The number of carboxylic acids is 1. The molecule has 0 unspecified atom stereocenters. The maximum absolute atomic E-state index is 12.8. The largest absolute Gasteiger partial charge is 0.496 e. The van der Waals surface area contributed by atoms with Gasteiger partial charge in [-0.15, -0.1) is 0 Å². The summed E-state index contributed by atoms with van der Waals surface area (Å²) in [5.74, 6) is -1.08. The molecule has 1 amide bonds. The van der Waals surface area contributed by atoms with E-state index in [1.54, 1.807) is 0 Å². The Morgan fingerprint density at radius 3 is 2.57 bits per heavy atom. The molecule has 7 nitrogen and oxygen atoms in total. The fraction of sp³-hybridized carbons (Fsp3) is 0.467. The summed E-state index contributed by atoms with van der Waals surface area (Å²) in [7, 11) is -2.10. The highest BCUT2D eigenvalue weighted by atomic mass is 32.2. The van der Waals surface area contributed by atoms with Crippen molar-refractivity contribution in [2.75, 3.05) is 13.4 Å². The summed E-state index contributed by atoms with van der Waals surface area (Å²) in [6.07, 6.45) is 2.29. The van der Waals surface area contributed by atoms with Crippen molar-refractivity contribution in [2.24, 2.45) is 5.92 Å². The topological polar surface area (TPSA) is 101 Å². The first-order chi connectivity index (χ1) is 10.7. The lowest BCUT2D eigenvalue weighted by molar-refractivity contribution is -0.141. The van der Waals surface area contributed by atoms with Gasteiger partial charge in [-0.05, 0) is 37.0 Å². The number of rotatable bonds is 4. The lowest BCUT2D eigenvalue weighted by Gasteiger charge is -2.25. The number of benzene rings is 1. The summed E-state index contributed by atoms with van der Waals surface area (Å²) in [6, 6.07) is 3.10. The summed E-state index contributed by atoms with van der Waals surface area (Å²) >= 11 is 0. The van der Waals surface area contributed by atoms with Crippen molar-refractivity contribution in [1.82, 2.24) is 4.90 Å². The number of carbonyl (C=O) groups excluding carboxylic acids is 1. The van der Waals surface area contributed by atoms with Crippen LogP contribution in [-0.2, 0) is 14.6 Å². The molecular weight excluding hydrogens is 322 g/mol. The number of carbonyl (C=O) groups is 2. The number of hydrogen-bond donors (Lipinski definition) is 1. The zero-order valence-electron chi connectivity index (χ0n) is 12.7. The molecule has 1 heterocycles. The molecule has 0 bridgehead atoms. The van der Waals surface area contributed by atoms with Crippen molar-refractivity contribution in [3.63, 3.8) is 0 Å². The zero-order chi connectivity index (χ0) is 16.9. The molecule has 2 fully saturated rings. The van der Waals surface area contributed by atoms with Gasteiger partial charge in [-0.2, -0.15) is 0 Å². The van der Waals surface area contributed by atoms with Gasteiger partial charge in [0.2, 0.25) is 0 Å². The van der Waals surface area contributed by atoms with Crippen molar-refractivity contribution >= 4 is 21.7 Å². The predicted molar refractivity (Wildman–Crippen MR) is 80.2 cm³/mol. The summed E-state index contributed by atoms with van der Waals surface area (Å²) in [5, 5.41) is 9.31. The van der Waals surface area contributed by atoms with E-state index in [1.165, 1.54) is 30.2 Å². The van der Waals surface area contributed by atoms with E-state index in [0.717, 1.165) is 12.7 Å². The molecule has 1 aromatic rings. The Hall–Kier alpha value is -2.09. The molecule has 23 heavy (non-hydrogen) atoms. The second-order valence-corrected chi connectivity index (χ2v) is 8.02. The quantitative estimate of drug-likeness (QED) is 0.870. The lowest BCUT2D eigenvalue weighted by atomic mass is 10.1. The molecule has 124 valence electrons. The molecule has 1 N–H and O–H groups in total. The van der Waals surface area contributed by atoms with Crippen LogP contribution in [0.3, 0.4) is 0 Å². The van der Waals surface area contributed by atoms with Gasteiger partial charge in [0.1, 0.15) is 11.8 Å². The van der Waals surface area contributed by atoms with Crippen molar-refractivity contribution < 1.29 is 27.9 Å². The van der Waals surface area contributed by atoms with Crippen molar-refractivity contribution in [1.29, 1.82) is 0 Å². The van der Waals surface area contributed by atoms with Gasteiger partial charge in [0.15, 0.2) is 9.84 Å². The average Bonchev–Trinajstić information content (AvgIpc) is 3.15. The van der Waals surface area contributed by atoms with E-state index < -0.39 is 27.8 Å². The van der Waals surface area contributed by atoms with Crippen molar-refractivity contribution in [2.45, 2.75) is 29.8 Å². The number of amides is 1. The lowest BCUT2D eigenvalue weighted by Crippen LogP contribution is -2.43. The molecule has 0 radical (unpaired) electrons. The molecule has 1 aromatic carbocycles. The first-order valence-electron chi connectivity index (χ1n) is 7.17. The minimum Gasteiger partial charge on any atom is -0.496 e. The van der Waals surface area contributed by atoms with Crippen LogP contribution < -0.4 is 4.74 Å². The molecule has 1 saturated carbocycles. The minimum absolute atomic E-state index is 0.0000638. The van der Waals surface area contributed by atoms with Gasteiger partial charge in [-0.25, -0.2) is 13.2 Å². The van der Waals surface area contributed by atoms with Crippen LogP contribution in [0.25, 0.3) is 0 Å². The Bertz CT molecular complexity index is 787. The van der Waals surface area contributed by atoms with Crippen LogP contribution in [0.1, 0.15) is 23.2 Å². The number of carboxylic acid groups (broad SMARTS) is 1. The summed E-state index contributed by atoms with van der Waals surface area (Å²) in [5.41, 5.74) is 0.0780.